The van der Waals surface area contributed by atoms with Crippen LogP contribution in [0.3, 0.4) is 0 Å². The van der Waals surface area contributed by atoms with E-state index in [-0.39, 0.29) is 16.5 Å². The molecule has 1 aliphatic rings. The zero-order valence-corrected chi connectivity index (χ0v) is 14.0. The minimum Gasteiger partial charge on any atom is -0.357 e. The fourth-order valence-corrected chi connectivity index (χ4v) is 3.99. The molecule has 0 unspecified atom stereocenters. The standard InChI is InChI=1S/C15H17ClN4O2S/c16-12-5-1-2-6-13(12)23(21,22)18-11-14-17-8-7-15(19-14)20-9-3-4-10-20/h1-2,5-8,18H,3-4,9-11H2. The van der Waals surface area contributed by atoms with Crippen LogP contribution < -0.4 is 9.62 Å². The first kappa shape index (κ1) is 16.2. The first-order valence-corrected chi connectivity index (χ1v) is 9.23. The van der Waals surface area contributed by atoms with Crippen molar-refractivity contribution in [3.05, 3.63) is 47.4 Å². The zero-order valence-electron chi connectivity index (χ0n) is 12.4. The fraction of sp³-hybridized carbons (Fsp3) is 0.333. The molecule has 1 fully saturated rings. The molecule has 122 valence electrons. The summed E-state index contributed by atoms with van der Waals surface area (Å²) >= 11 is 5.94. The van der Waals surface area contributed by atoms with Crippen molar-refractivity contribution in [3.63, 3.8) is 0 Å². The molecule has 0 saturated carbocycles. The SMILES string of the molecule is O=S(=O)(NCc1nccc(N2CCCC2)n1)c1ccccc1Cl. The summed E-state index contributed by atoms with van der Waals surface area (Å²) < 4.78 is 27.1. The summed E-state index contributed by atoms with van der Waals surface area (Å²) in [5, 5.41) is 0.187. The van der Waals surface area contributed by atoms with E-state index in [4.69, 9.17) is 11.6 Å². The Hall–Kier alpha value is -1.70. The van der Waals surface area contributed by atoms with Gasteiger partial charge in [-0.25, -0.2) is 23.1 Å². The Morgan fingerprint density at radius 2 is 1.91 bits per heavy atom. The summed E-state index contributed by atoms with van der Waals surface area (Å²) in [4.78, 5) is 10.8. The lowest BCUT2D eigenvalue weighted by Gasteiger charge is -2.16. The van der Waals surface area contributed by atoms with Crippen LogP contribution in [0.5, 0.6) is 0 Å². The monoisotopic (exact) mass is 352 g/mol. The van der Waals surface area contributed by atoms with Crippen molar-refractivity contribution in [1.29, 1.82) is 0 Å². The topological polar surface area (TPSA) is 75.2 Å². The summed E-state index contributed by atoms with van der Waals surface area (Å²) in [5.74, 6) is 1.27. The highest BCUT2D eigenvalue weighted by atomic mass is 35.5. The first-order valence-electron chi connectivity index (χ1n) is 7.37. The molecule has 0 radical (unpaired) electrons. The van der Waals surface area contributed by atoms with E-state index in [1.54, 1.807) is 24.4 Å². The minimum absolute atomic E-state index is 0.0231. The highest BCUT2D eigenvalue weighted by Gasteiger charge is 2.18. The van der Waals surface area contributed by atoms with E-state index in [1.165, 1.54) is 6.07 Å². The number of aromatic nitrogens is 2. The minimum atomic E-state index is -3.70. The predicted octanol–water partition coefficient (Wildman–Crippen LogP) is 2.21. The number of hydrogen-bond donors (Lipinski definition) is 1. The van der Waals surface area contributed by atoms with Gasteiger partial charge in [-0.15, -0.1) is 0 Å². The van der Waals surface area contributed by atoms with Gasteiger partial charge in [0, 0.05) is 19.3 Å². The van der Waals surface area contributed by atoms with Gasteiger partial charge in [-0.05, 0) is 31.0 Å². The second-order valence-corrected chi connectivity index (χ2v) is 7.42. The van der Waals surface area contributed by atoms with Crippen molar-refractivity contribution in [1.82, 2.24) is 14.7 Å². The zero-order chi connectivity index (χ0) is 16.3. The third-order valence-electron chi connectivity index (χ3n) is 3.67. The van der Waals surface area contributed by atoms with Gasteiger partial charge in [-0.1, -0.05) is 23.7 Å². The third-order valence-corrected chi connectivity index (χ3v) is 5.57. The Labute approximate surface area is 140 Å². The number of rotatable bonds is 5. The molecule has 3 rings (SSSR count). The van der Waals surface area contributed by atoms with Crippen LogP contribution in [0.2, 0.25) is 5.02 Å². The van der Waals surface area contributed by atoms with Crippen LogP contribution in [0.4, 0.5) is 5.82 Å². The lowest BCUT2D eigenvalue weighted by atomic mass is 10.4. The van der Waals surface area contributed by atoms with Crippen molar-refractivity contribution in [2.45, 2.75) is 24.3 Å². The van der Waals surface area contributed by atoms with E-state index in [0.29, 0.717) is 5.82 Å². The largest absolute Gasteiger partial charge is 0.357 e. The fourth-order valence-electron chi connectivity index (χ4n) is 2.50. The Morgan fingerprint density at radius 1 is 1.17 bits per heavy atom. The van der Waals surface area contributed by atoms with Gasteiger partial charge in [-0.2, -0.15) is 0 Å². The number of nitrogens with one attached hydrogen (secondary N) is 1. The van der Waals surface area contributed by atoms with E-state index in [9.17, 15) is 8.42 Å². The lowest BCUT2D eigenvalue weighted by Crippen LogP contribution is -2.25. The molecule has 0 amide bonds. The van der Waals surface area contributed by atoms with Gasteiger partial charge >= 0.3 is 0 Å². The average Bonchev–Trinajstić information content (AvgIpc) is 3.08. The molecule has 23 heavy (non-hydrogen) atoms. The van der Waals surface area contributed by atoms with Crippen LogP contribution in [0.1, 0.15) is 18.7 Å². The summed E-state index contributed by atoms with van der Waals surface area (Å²) in [7, 11) is -3.70. The normalized spacial score (nSPS) is 15.1. The number of hydrogen-bond acceptors (Lipinski definition) is 5. The van der Waals surface area contributed by atoms with E-state index in [1.807, 2.05) is 6.07 Å². The Bertz CT molecular complexity index is 792. The van der Waals surface area contributed by atoms with Gasteiger partial charge in [0.05, 0.1) is 11.6 Å². The molecule has 1 N–H and O–H groups in total. The molecule has 0 aliphatic carbocycles. The number of benzene rings is 1. The smallest absolute Gasteiger partial charge is 0.242 e. The van der Waals surface area contributed by atoms with E-state index < -0.39 is 10.0 Å². The molecule has 6 nitrogen and oxygen atoms in total. The maximum absolute atomic E-state index is 12.3. The van der Waals surface area contributed by atoms with Crippen molar-refractivity contribution in [3.8, 4) is 0 Å². The van der Waals surface area contributed by atoms with E-state index in [0.717, 1.165) is 31.7 Å². The molecular formula is C15H17ClN4O2S. The molecule has 8 heteroatoms. The van der Waals surface area contributed by atoms with Crippen LogP contribution >= 0.6 is 11.6 Å². The molecule has 1 aromatic heterocycles. The summed E-state index contributed by atoms with van der Waals surface area (Å²) in [6.07, 6.45) is 3.96. The molecular weight excluding hydrogens is 336 g/mol. The van der Waals surface area contributed by atoms with Gasteiger partial charge in [0.2, 0.25) is 10.0 Å². The molecule has 1 aromatic carbocycles. The summed E-state index contributed by atoms with van der Waals surface area (Å²) in [5.41, 5.74) is 0. The van der Waals surface area contributed by atoms with Crippen molar-refractivity contribution in [2.24, 2.45) is 0 Å². The van der Waals surface area contributed by atoms with E-state index in [2.05, 4.69) is 19.6 Å². The van der Waals surface area contributed by atoms with Gasteiger partial charge < -0.3 is 4.90 Å². The number of sulfonamides is 1. The predicted molar refractivity (Wildman–Crippen MR) is 89.0 cm³/mol. The van der Waals surface area contributed by atoms with Crippen molar-refractivity contribution < 1.29 is 8.42 Å². The number of nitrogens with zero attached hydrogens (tertiary/aromatic N) is 3. The van der Waals surface area contributed by atoms with E-state index >= 15 is 0 Å². The van der Waals surface area contributed by atoms with Crippen LogP contribution in [-0.4, -0.2) is 31.5 Å². The average molecular weight is 353 g/mol. The molecule has 2 heterocycles. The van der Waals surface area contributed by atoms with Crippen LogP contribution in [0, 0.1) is 0 Å². The highest BCUT2D eigenvalue weighted by molar-refractivity contribution is 7.89. The molecule has 0 atom stereocenters. The van der Waals surface area contributed by atoms with Crippen molar-refractivity contribution >= 4 is 27.4 Å². The van der Waals surface area contributed by atoms with Crippen molar-refractivity contribution in [2.75, 3.05) is 18.0 Å². The van der Waals surface area contributed by atoms with Gasteiger partial charge in [-0.3, -0.25) is 0 Å². The quantitative estimate of drug-likeness (QED) is 0.892. The lowest BCUT2D eigenvalue weighted by molar-refractivity contribution is 0.579. The molecule has 1 aliphatic heterocycles. The van der Waals surface area contributed by atoms with Gasteiger partial charge in [0.15, 0.2) is 0 Å². The first-order chi connectivity index (χ1) is 11.1. The molecule has 1 saturated heterocycles. The second kappa shape index (κ2) is 6.82. The highest BCUT2D eigenvalue weighted by Crippen LogP contribution is 2.20. The maximum atomic E-state index is 12.3. The number of anilines is 1. The van der Waals surface area contributed by atoms with Crippen LogP contribution in [-0.2, 0) is 16.6 Å². The van der Waals surface area contributed by atoms with Gasteiger partial charge in [0.1, 0.15) is 16.5 Å². The van der Waals surface area contributed by atoms with Gasteiger partial charge in [0.25, 0.3) is 0 Å². The van der Waals surface area contributed by atoms with Crippen LogP contribution in [0.15, 0.2) is 41.4 Å². The maximum Gasteiger partial charge on any atom is 0.242 e. The second-order valence-electron chi connectivity index (χ2n) is 5.28. The third kappa shape index (κ3) is 3.80. The molecule has 0 spiro atoms. The molecule has 2 aromatic rings. The van der Waals surface area contributed by atoms with Crippen LogP contribution in [0.25, 0.3) is 0 Å². The Kier molecular flexibility index (Phi) is 4.79. The summed E-state index contributed by atoms with van der Waals surface area (Å²) in [6, 6.07) is 8.17. The Morgan fingerprint density at radius 3 is 2.65 bits per heavy atom. The summed E-state index contributed by atoms with van der Waals surface area (Å²) in [6.45, 7) is 1.97. The molecule has 0 bridgehead atoms. The number of halogens is 1. The Balaban J connectivity index is 1.73.